The standard InChI is InChI=1S/C16H26N4O/c1-5-11-13(20-17)18-9-19-14(11)21-12-8-10-6-7-16(12,4)15(10,2)3/h9-10,12H,5-8,17H2,1-4H3,(H,18,19,20). The van der Waals surface area contributed by atoms with Crippen LogP contribution < -0.4 is 16.0 Å². The normalized spacial score (nSPS) is 33.2. The zero-order valence-corrected chi connectivity index (χ0v) is 13.4. The zero-order chi connectivity index (χ0) is 15.3. The van der Waals surface area contributed by atoms with Crippen molar-refractivity contribution in [2.75, 3.05) is 5.43 Å². The fraction of sp³-hybridized carbons (Fsp3) is 0.750. The number of nitrogens with one attached hydrogen (secondary N) is 1. The Bertz CT molecular complexity index is 545. The van der Waals surface area contributed by atoms with Crippen molar-refractivity contribution in [2.24, 2.45) is 22.6 Å². The van der Waals surface area contributed by atoms with Crippen LogP contribution in [0.2, 0.25) is 0 Å². The van der Waals surface area contributed by atoms with Gasteiger partial charge in [-0.3, -0.25) is 0 Å². The third-order valence-corrected chi connectivity index (χ3v) is 6.36. The van der Waals surface area contributed by atoms with Crippen molar-refractivity contribution in [1.82, 2.24) is 9.97 Å². The zero-order valence-electron chi connectivity index (χ0n) is 13.4. The van der Waals surface area contributed by atoms with Crippen LogP contribution in [0.15, 0.2) is 6.33 Å². The number of nitrogen functional groups attached to an aromatic ring is 1. The molecule has 0 amide bonds. The lowest BCUT2D eigenvalue weighted by molar-refractivity contribution is 0.0266. The van der Waals surface area contributed by atoms with Crippen LogP contribution in [0.5, 0.6) is 5.88 Å². The van der Waals surface area contributed by atoms with Crippen molar-refractivity contribution in [2.45, 2.75) is 59.5 Å². The highest BCUT2D eigenvalue weighted by Gasteiger charge is 2.62. The summed E-state index contributed by atoms with van der Waals surface area (Å²) in [5.74, 6) is 7.65. The average molecular weight is 290 g/mol. The van der Waals surface area contributed by atoms with Gasteiger partial charge in [0.2, 0.25) is 5.88 Å². The van der Waals surface area contributed by atoms with Gasteiger partial charge in [-0.05, 0) is 37.0 Å². The molecule has 5 heteroatoms. The Labute approximate surface area is 126 Å². The maximum absolute atomic E-state index is 6.37. The van der Waals surface area contributed by atoms with Crippen LogP contribution in [0.25, 0.3) is 0 Å². The molecule has 0 radical (unpaired) electrons. The molecule has 2 aliphatic rings. The van der Waals surface area contributed by atoms with Gasteiger partial charge in [0.15, 0.2) is 0 Å². The van der Waals surface area contributed by atoms with E-state index in [0.717, 1.165) is 24.3 Å². The summed E-state index contributed by atoms with van der Waals surface area (Å²) in [7, 11) is 0. The lowest BCUT2D eigenvalue weighted by Crippen LogP contribution is -2.39. The molecule has 3 atom stereocenters. The predicted octanol–water partition coefficient (Wildman–Crippen LogP) is 2.92. The van der Waals surface area contributed by atoms with Gasteiger partial charge < -0.3 is 10.2 Å². The van der Waals surface area contributed by atoms with Crippen LogP contribution in [0.4, 0.5) is 5.82 Å². The molecule has 0 saturated heterocycles. The molecule has 2 fully saturated rings. The van der Waals surface area contributed by atoms with Crippen molar-refractivity contribution in [1.29, 1.82) is 0 Å². The van der Waals surface area contributed by atoms with E-state index < -0.39 is 0 Å². The largest absolute Gasteiger partial charge is 0.473 e. The molecule has 2 aliphatic carbocycles. The van der Waals surface area contributed by atoms with Gasteiger partial charge in [0.25, 0.3) is 0 Å². The summed E-state index contributed by atoms with van der Waals surface area (Å²) in [5, 5.41) is 0. The molecule has 116 valence electrons. The van der Waals surface area contributed by atoms with Crippen LogP contribution in [0.1, 0.15) is 52.5 Å². The summed E-state index contributed by atoms with van der Waals surface area (Å²) in [4.78, 5) is 8.53. The Balaban J connectivity index is 1.89. The number of fused-ring (bicyclic) bond motifs is 2. The number of anilines is 1. The molecule has 3 unspecified atom stereocenters. The number of nitrogens with two attached hydrogens (primary N) is 1. The lowest BCUT2D eigenvalue weighted by Gasteiger charge is -2.38. The second kappa shape index (κ2) is 4.83. The number of rotatable bonds is 4. The predicted molar refractivity (Wildman–Crippen MR) is 82.9 cm³/mol. The van der Waals surface area contributed by atoms with E-state index >= 15 is 0 Å². The Hall–Kier alpha value is -1.36. The molecule has 5 nitrogen and oxygen atoms in total. The van der Waals surface area contributed by atoms with Gasteiger partial charge in [0.1, 0.15) is 18.2 Å². The second-order valence-corrected chi connectivity index (χ2v) is 7.22. The van der Waals surface area contributed by atoms with Crippen LogP contribution in [0, 0.1) is 16.7 Å². The first-order valence-electron chi connectivity index (χ1n) is 7.91. The number of hydrazine groups is 1. The summed E-state index contributed by atoms with van der Waals surface area (Å²) < 4.78 is 6.37. The maximum atomic E-state index is 6.37. The Morgan fingerprint density at radius 2 is 2.14 bits per heavy atom. The molecule has 1 heterocycles. The molecule has 1 aromatic heterocycles. The minimum atomic E-state index is 0.226. The van der Waals surface area contributed by atoms with Crippen molar-refractivity contribution in [3.63, 3.8) is 0 Å². The van der Waals surface area contributed by atoms with Gasteiger partial charge in [-0.1, -0.05) is 27.7 Å². The number of hydrogen-bond donors (Lipinski definition) is 2. The molecule has 2 bridgehead atoms. The lowest BCUT2D eigenvalue weighted by atomic mass is 9.70. The Morgan fingerprint density at radius 3 is 2.67 bits per heavy atom. The van der Waals surface area contributed by atoms with E-state index in [-0.39, 0.29) is 11.5 Å². The van der Waals surface area contributed by atoms with Crippen molar-refractivity contribution in [3.05, 3.63) is 11.9 Å². The number of nitrogens with zero attached hydrogens (tertiary/aromatic N) is 2. The SMILES string of the molecule is CCc1c(NN)ncnc1OC1CC2CCC1(C)C2(C)C. The van der Waals surface area contributed by atoms with E-state index in [1.807, 2.05) is 0 Å². The highest BCUT2D eigenvalue weighted by molar-refractivity contribution is 5.47. The van der Waals surface area contributed by atoms with Gasteiger partial charge in [0, 0.05) is 5.41 Å². The number of hydrogen-bond acceptors (Lipinski definition) is 5. The molecule has 21 heavy (non-hydrogen) atoms. The third kappa shape index (κ3) is 1.94. The fourth-order valence-corrected chi connectivity index (χ4v) is 4.38. The molecule has 0 aromatic carbocycles. The highest BCUT2D eigenvalue weighted by Crippen LogP contribution is 2.66. The smallest absolute Gasteiger partial charge is 0.222 e. The highest BCUT2D eigenvalue weighted by atomic mass is 16.5. The summed E-state index contributed by atoms with van der Waals surface area (Å²) in [5.41, 5.74) is 4.17. The first kappa shape index (κ1) is 14.6. The number of aromatic nitrogens is 2. The monoisotopic (exact) mass is 290 g/mol. The summed E-state index contributed by atoms with van der Waals surface area (Å²) >= 11 is 0. The van der Waals surface area contributed by atoms with E-state index in [4.69, 9.17) is 10.6 Å². The first-order chi connectivity index (χ1) is 9.94. The summed E-state index contributed by atoms with van der Waals surface area (Å²) in [6.45, 7) is 9.22. The minimum absolute atomic E-state index is 0.226. The molecule has 2 saturated carbocycles. The van der Waals surface area contributed by atoms with Gasteiger partial charge >= 0.3 is 0 Å². The third-order valence-electron chi connectivity index (χ3n) is 6.36. The van der Waals surface area contributed by atoms with Crippen molar-refractivity contribution < 1.29 is 4.74 Å². The van der Waals surface area contributed by atoms with Crippen molar-refractivity contribution in [3.8, 4) is 5.88 Å². The molecule has 0 spiro atoms. The van der Waals surface area contributed by atoms with Gasteiger partial charge in [-0.15, -0.1) is 0 Å². The van der Waals surface area contributed by atoms with Gasteiger partial charge in [-0.2, -0.15) is 0 Å². The van der Waals surface area contributed by atoms with E-state index in [2.05, 4.69) is 43.1 Å². The Morgan fingerprint density at radius 1 is 1.38 bits per heavy atom. The van der Waals surface area contributed by atoms with E-state index in [0.29, 0.717) is 17.1 Å². The van der Waals surface area contributed by atoms with Crippen LogP contribution in [0.3, 0.4) is 0 Å². The summed E-state index contributed by atoms with van der Waals surface area (Å²) in [6, 6.07) is 0. The first-order valence-corrected chi connectivity index (χ1v) is 7.91. The molecule has 3 N–H and O–H groups in total. The topological polar surface area (TPSA) is 73.1 Å². The van der Waals surface area contributed by atoms with E-state index in [9.17, 15) is 0 Å². The molecule has 0 aliphatic heterocycles. The molecular formula is C16H26N4O. The van der Waals surface area contributed by atoms with Gasteiger partial charge in [-0.25, -0.2) is 15.8 Å². The van der Waals surface area contributed by atoms with E-state index in [1.165, 1.54) is 19.2 Å². The summed E-state index contributed by atoms with van der Waals surface area (Å²) in [6.07, 6.45) is 6.24. The Kier molecular flexibility index (Phi) is 3.35. The van der Waals surface area contributed by atoms with Crippen LogP contribution >= 0.6 is 0 Å². The van der Waals surface area contributed by atoms with Gasteiger partial charge in [0.05, 0.1) is 5.56 Å². The number of ether oxygens (including phenoxy) is 1. The minimum Gasteiger partial charge on any atom is -0.473 e. The van der Waals surface area contributed by atoms with Crippen molar-refractivity contribution >= 4 is 5.82 Å². The van der Waals surface area contributed by atoms with Crippen LogP contribution in [-0.2, 0) is 6.42 Å². The maximum Gasteiger partial charge on any atom is 0.222 e. The average Bonchev–Trinajstić information content (AvgIpc) is 2.80. The molecule has 1 aromatic rings. The fourth-order valence-electron chi connectivity index (χ4n) is 4.38. The molecule has 3 rings (SSSR count). The molecular weight excluding hydrogens is 264 g/mol. The van der Waals surface area contributed by atoms with E-state index in [1.54, 1.807) is 0 Å². The van der Waals surface area contributed by atoms with Crippen LogP contribution in [-0.4, -0.2) is 16.1 Å². The second-order valence-electron chi connectivity index (χ2n) is 7.22. The quantitative estimate of drug-likeness (QED) is 0.659.